The van der Waals surface area contributed by atoms with E-state index in [0.717, 1.165) is 41.5 Å². The van der Waals surface area contributed by atoms with Gasteiger partial charge in [0.1, 0.15) is 10.7 Å². The lowest BCUT2D eigenvalue weighted by Crippen LogP contribution is -2.29. The minimum atomic E-state index is -0.170. The van der Waals surface area contributed by atoms with Crippen molar-refractivity contribution in [1.29, 1.82) is 0 Å². The van der Waals surface area contributed by atoms with Gasteiger partial charge in [-0.25, -0.2) is 0 Å². The van der Waals surface area contributed by atoms with E-state index in [1.54, 1.807) is 29.8 Å². The zero-order valence-corrected chi connectivity index (χ0v) is 19.2. The van der Waals surface area contributed by atoms with Gasteiger partial charge in [-0.3, -0.25) is 9.59 Å². The lowest BCUT2D eigenvalue weighted by Gasteiger charge is -2.15. The number of fused-ring (bicyclic) bond motifs is 2. The van der Waals surface area contributed by atoms with Gasteiger partial charge in [0, 0.05) is 24.6 Å². The van der Waals surface area contributed by atoms with Gasteiger partial charge in [0.15, 0.2) is 0 Å². The summed E-state index contributed by atoms with van der Waals surface area (Å²) in [4.78, 5) is 27.5. The van der Waals surface area contributed by atoms with Crippen molar-refractivity contribution in [3.8, 4) is 0 Å². The van der Waals surface area contributed by atoms with Gasteiger partial charge in [-0.2, -0.15) is 0 Å². The number of nitrogens with zero attached hydrogens (tertiary/aromatic N) is 1. The summed E-state index contributed by atoms with van der Waals surface area (Å²) in [5, 5.41) is 8.69. The van der Waals surface area contributed by atoms with Crippen LogP contribution in [0.15, 0.2) is 17.5 Å². The molecule has 2 amide bonds. The lowest BCUT2D eigenvalue weighted by atomic mass is 9.95. The smallest absolute Gasteiger partial charge is 0.272 e. The third-order valence-electron chi connectivity index (χ3n) is 5.43. The Bertz CT molecular complexity index is 1080. The fourth-order valence-electron chi connectivity index (χ4n) is 4.09. The van der Waals surface area contributed by atoms with Crippen molar-refractivity contribution < 1.29 is 14.3 Å². The fraction of sp³-hybridized carbons (Fsp3) is 0.455. The molecule has 160 valence electrons. The highest BCUT2D eigenvalue weighted by molar-refractivity contribution is 7.17. The molecule has 0 aromatic carbocycles. The standard InChI is InChI=1S/C22H27N3O3S2/c1-13(2)25-15-8-11-29-18(15)12-16(25)20(26)24-22-19(21(27)23-9-10-28-3)14-6-4-5-7-17(14)30-22/h8,11-13H,4-7,9-10H2,1-3H3,(H,23,27)(H,24,26). The number of ether oxygens (including phenoxy) is 1. The fourth-order valence-corrected chi connectivity index (χ4v) is 6.18. The van der Waals surface area contributed by atoms with Gasteiger partial charge in [0.2, 0.25) is 0 Å². The summed E-state index contributed by atoms with van der Waals surface area (Å²) in [6.45, 7) is 5.05. The second kappa shape index (κ2) is 8.91. The van der Waals surface area contributed by atoms with E-state index < -0.39 is 0 Å². The van der Waals surface area contributed by atoms with Crippen LogP contribution in [0.4, 0.5) is 5.00 Å². The Hall–Kier alpha value is -2.16. The molecule has 8 heteroatoms. The molecule has 0 saturated heterocycles. The Morgan fingerprint density at radius 2 is 2.03 bits per heavy atom. The number of aryl methyl sites for hydroxylation is 1. The number of nitrogens with one attached hydrogen (secondary N) is 2. The van der Waals surface area contributed by atoms with Gasteiger partial charge in [0.05, 0.1) is 22.4 Å². The van der Waals surface area contributed by atoms with Crippen LogP contribution < -0.4 is 10.6 Å². The van der Waals surface area contributed by atoms with Gasteiger partial charge >= 0.3 is 0 Å². The molecule has 0 unspecified atom stereocenters. The zero-order chi connectivity index (χ0) is 21.3. The van der Waals surface area contributed by atoms with Crippen molar-refractivity contribution in [3.63, 3.8) is 0 Å². The van der Waals surface area contributed by atoms with Gasteiger partial charge in [-0.15, -0.1) is 22.7 Å². The number of anilines is 1. The Balaban J connectivity index is 1.67. The van der Waals surface area contributed by atoms with E-state index in [0.29, 0.717) is 29.4 Å². The van der Waals surface area contributed by atoms with Crippen LogP contribution in [0, 0.1) is 0 Å². The van der Waals surface area contributed by atoms with E-state index in [2.05, 4.69) is 35.1 Å². The van der Waals surface area contributed by atoms with Crippen molar-refractivity contribution >= 4 is 49.7 Å². The van der Waals surface area contributed by atoms with E-state index in [-0.39, 0.29) is 17.9 Å². The van der Waals surface area contributed by atoms with Gasteiger partial charge < -0.3 is 19.9 Å². The van der Waals surface area contributed by atoms with Crippen molar-refractivity contribution in [2.45, 2.75) is 45.6 Å². The Kier molecular flexibility index (Phi) is 6.26. The second-order valence-electron chi connectivity index (χ2n) is 7.78. The number of hydrogen-bond acceptors (Lipinski definition) is 5. The number of thiophene rings is 2. The van der Waals surface area contributed by atoms with E-state index >= 15 is 0 Å². The molecule has 0 bridgehead atoms. The van der Waals surface area contributed by atoms with E-state index in [1.807, 2.05) is 11.4 Å². The van der Waals surface area contributed by atoms with Crippen LogP contribution in [0.2, 0.25) is 0 Å². The maximum Gasteiger partial charge on any atom is 0.272 e. The van der Waals surface area contributed by atoms with Crippen molar-refractivity contribution in [2.75, 3.05) is 25.6 Å². The van der Waals surface area contributed by atoms with Crippen LogP contribution in [0.3, 0.4) is 0 Å². The van der Waals surface area contributed by atoms with E-state index in [9.17, 15) is 9.59 Å². The Labute approximate surface area is 184 Å². The second-order valence-corrected chi connectivity index (χ2v) is 9.83. The minimum Gasteiger partial charge on any atom is -0.383 e. The van der Waals surface area contributed by atoms with Crippen LogP contribution in [0.5, 0.6) is 0 Å². The van der Waals surface area contributed by atoms with Crippen LogP contribution in [-0.2, 0) is 17.6 Å². The molecule has 0 saturated carbocycles. The highest BCUT2D eigenvalue weighted by atomic mass is 32.1. The topological polar surface area (TPSA) is 72.4 Å². The number of aromatic nitrogens is 1. The zero-order valence-electron chi connectivity index (χ0n) is 17.5. The predicted octanol–water partition coefficient (Wildman–Crippen LogP) is 4.85. The average Bonchev–Trinajstić information content (AvgIpc) is 3.39. The molecule has 30 heavy (non-hydrogen) atoms. The van der Waals surface area contributed by atoms with Crippen molar-refractivity contribution in [2.24, 2.45) is 0 Å². The van der Waals surface area contributed by atoms with Crippen LogP contribution >= 0.6 is 22.7 Å². The van der Waals surface area contributed by atoms with Gasteiger partial charge in [-0.05, 0) is 62.6 Å². The monoisotopic (exact) mass is 445 g/mol. The number of carbonyl (C=O) groups excluding carboxylic acids is 2. The molecule has 1 aliphatic rings. The molecule has 0 fully saturated rings. The van der Waals surface area contributed by atoms with E-state index in [4.69, 9.17) is 4.74 Å². The number of amides is 2. The quantitative estimate of drug-likeness (QED) is 0.511. The molecule has 3 heterocycles. The van der Waals surface area contributed by atoms with Gasteiger partial charge in [0.25, 0.3) is 11.8 Å². The molecule has 3 aromatic heterocycles. The Morgan fingerprint density at radius 3 is 2.80 bits per heavy atom. The number of methoxy groups -OCH3 is 1. The van der Waals surface area contributed by atoms with Crippen LogP contribution in [-0.4, -0.2) is 36.6 Å². The first-order valence-corrected chi connectivity index (χ1v) is 12.0. The minimum absolute atomic E-state index is 0.137. The molecule has 0 aliphatic heterocycles. The molecule has 0 atom stereocenters. The molecule has 2 N–H and O–H groups in total. The molecule has 4 rings (SSSR count). The van der Waals surface area contributed by atoms with E-state index in [1.165, 1.54) is 4.88 Å². The summed E-state index contributed by atoms with van der Waals surface area (Å²) >= 11 is 3.18. The normalized spacial score (nSPS) is 13.6. The molecule has 0 spiro atoms. The van der Waals surface area contributed by atoms with Crippen molar-refractivity contribution in [3.05, 3.63) is 39.2 Å². The third kappa shape index (κ3) is 3.91. The van der Waals surface area contributed by atoms with Crippen LogP contribution in [0.25, 0.3) is 10.2 Å². The first kappa shape index (κ1) is 21.1. The Morgan fingerprint density at radius 1 is 1.23 bits per heavy atom. The summed E-state index contributed by atoms with van der Waals surface area (Å²) < 4.78 is 8.20. The van der Waals surface area contributed by atoms with Crippen molar-refractivity contribution in [1.82, 2.24) is 9.88 Å². The average molecular weight is 446 g/mol. The highest BCUT2D eigenvalue weighted by Crippen LogP contribution is 2.39. The lowest BCUT2D eigenvalue weighted by molar-refractivity contribution is 0.0937. The number of rotatable bonds is 7. The summed E-state index contributed by atoms with van der Waals surface area (Å²) in [6.07, 6.45) is 4.04. The number of hydrogen-bond donors (Lipinski definition) is 2. The SMILES string of the molecule is COCCNC(=O)c1c(NC(=O)c2cc3sccc3n2C(C)C)sc2c1CCCC2. The number of carbonyl (C=O) groups is 2. The summed E-state index contributed by atoms with van der Waals surface area (Å²) in [5.41, 5.74) is 3.42. The molecular weight excluding hydrogens is 418 g/mol. The molecular formula is C22H27N3O3S2. The van der Waals surface area contributed by atoms with Gasteiger partial charge in [-0.1, -0.05) is 0 Å². The summed E-state index contributed by atoms with van der Waals surface area (Å²) in [6, 6.07) is 4.16. The highest BCUT2D eigenvalue weighted by Gasteiger charge is 2.27. The first-order chi connectivity index (χ1) is 14.5. The maximum absolute atomic E-state index is 13.3. The summed E-state index contributed by atoms with van der Waals surface area (Å²) in [5.74, 6) is -0.307. The molecule has 1 aliphatic carbocycles. The largest absolute Gasteiger partial charge is 0.383 e. The molecule has 0 radical (unpaired) electrons. The maximum atomic E-state index is 13.3. The predicted molar refractivity (Wildman–Crippen MR) is 123 cm³/mol. The summed E-state index contributed by atoms with van der Waals surface area (Å²) in [7, 11) is 1.61. The van der Waals surface area contributed by atoms with Crippen LogP contribution in [0.1, 0.15) is 64.0 Å². The third-order valence-corrected chi connectivity index (χ3v) is 7.49. The molecule has 3 aromatic rings. The first-order valence-electron chi connectivity index (χ1n) is 10.3. The molecule has 6 nitrogen and oxygen atoms in total.